The zero-order valence-electron chi connectivity index (χ0n) is 7.65. The SMILES string of the molecule is CN(C)C(=S)C(=S)c1ccccc1. The highest BCUT2D eigenvalue weighted by molar-refractivity contribution is 7.89. The second kappa shape index (κ2) is 4.44. The van der Waals surface area contributed by atoms with Crippen LogP contribution in [0.2, 0.25) is 0 Å². The van der Waals surface area contributed by atoms with Gasteiger partial charge in [-0.1, -0.05) is 54.8 Å². The Morgan fingerprint density at radius 3 is 2.08 bits per heavy atom. The van der Waals surface area contributed by atoms with Crippen LogP contribution < -0.4 is 0 Å². The van der Waals surface area contributed by atoms with E-state index in [0.717, 1.165) is 10.4 Å². The monoisotopic (exact) mass is 209 g/mol. The van der Waals surface area contributed by atoms with Crippen LogP contribution in [0.3, 0.4) is 0 Å². The zero-order chi connectivity index (χ0) is 9.84. The van der Waals surface area contributed by atoms with E-state index >= 15 is 0 Å². The van der Waals surface area contributed by atoms with E-state index in [0.29, 0.717) is 4.99 Å². The fourth-order valence-corrected chi connectivity index (χ4v) is 1.35. The van der Waals surface area contributed by atoms with Crippen molar-refractivity contribution in [2.45, 2.75) is 0 Å². The molecule has 0 unspecified atom stereocenters. The number of nitrogens with zero attached hydrogens (tertiary/aromatic N) is 1. The molecule has 0 saturated heterocycles. The molecular formula is C10H11NS2. The number of hydrogen-bond acceptors (Lipinski definition) is 2. The highest BCUT2D eigenvalue weighted by Crippen LogP contribution is 2.04. The van der Waals surface area contributed by atoms with Crippen molar-refractivity contribution < 1.29 is 0 Å². The Bertz CT molecular complexity index is 317. The first-order valence-corrected chi connectivity index (χ1v) is 4.75. The van der Waals surface area contributed by atoms with Crippen molar-refractivity contribution in [2.24, 2.45) is 0 Å². The molecule has 0 aliphatic heterocycles. The van der Waals surface area contributed by atoms with E-state index in [1.807, 2.05) is 49.3 Å². The molecule has 0 aliphatic carbocycles. The summed E-state index contributed by atoms with van der Waals surface area (Å²) >= 11 is 10.4. The van der Waals surface area contributed by atoms with Crippen LogP contribution in [-0.4, -0.2) is 28.8 Å². The first-order chi connectivity index (χ1) is 6.13. The minimum absolute atomic E-state index is 0.709. The molecule has 0 heterocycles. The summed E-state index contributed by atoms with van der Waals surface area (Å²) in [6.07, 6.45) is 0. The highest BCUT2D eigenvalue weighted by Gasteiger charge is 2.07. The van der Waals surface area contributed by atoms with Crippen LogP contribution in [0.25, 0.3) is 0 Å². The lowest BCUT2D eigenvalue weighted by Crippen LogP contribution is -2.27. The third kappa shape index (κ3) is 2.57. The van der Waals surface area contributed by atoms with Crippen LogP contribution in [0.5, 0.6) is 0 Å². The molecule has 13 heavy (non-hydrogen) atoms. The van der Waals surface area contributed by atoms with Gasteiger partial charge in [-0.25, -0.2) is 0 Å². The minimum Gasteiger partial charge on any atom is -0.368 e. The maximum atomic E-state index is 5.24. The van der Waals surface area contributed by atoms with Gasteiger partial charge in [-0.15, -0.1) is 0 Å². The van der Waals surface area contributed by atoms with Crippen molar-refractivity contribution in [3.8, 4) is 0 Å². The number of benzene rings is 1. The maximum absolute atomic E-state index is 5.24. The summed E-state index contributed by atoms with van der Waals surface area (Å²) in [5, 5.41) is 0. The normalized spacial score (nSPS) is 9.38. The van der Waals surface area contributed by atoms with Crippen molar-refractivity contribution in [2.75, 3.05) is 14.1 Å². The number of thiocarbonyl (C=S) groups is 2. The quantitative estimate of drug-likeness (QED) is 0.543. The van der Waals surface area contributed by atoms with Crippen molar-refractivity contribution in [3.63, 3.8) is 0 Å². The van der Waals surface area contributed by atoms with E-state index in [1.54, 1.807) is 0 Å². The molecule has 1 nitrogen and oxygen atoms in total. The third-order valence-electron chi connectivity index (χ3n) is 1.64. The Kier molecular flexibility index (Phi) is 3.51. The van der Waals surface area contributed by atoms with E-state index < -0.39 is 0 Å². The Balaban J connectivity index is 2.87. The lowest BCUT2D eigenvalue weighted by molar-refractivity contribution is 0.644. The van der Waals surface area contributed by atoms with E-state index in [4.69, 9.17) is 24.4 Å². The minimum atomic E-state index is 0.709. The molecule has 0 bridgehead atoms. The Morgan fingerprint density at radius 2 is 1.62 bits per heavy atom. The van der Waals surface area contributed by atoms with Gasteiger partial charge in [-0.2, -0.15) is 0 Å². The molecule has 0 fully saturated rings. The Labute approximate surface area is 89.4 Å². The van der Waals surface area contributed by atoms with Crippen LogP contribution in [0, 0.1) is 0 Å². The van der Waals surface area contributed by atoms with Gasteiger partial charge in [0.1, 0.15) is 4.99 Å². The molecule has 0 radical (unpaired) electrons. The van der Waals surface area contributed by atoms with Gasteiger partial charge in [0, 0.05) is 14.1 Å². The zero-order valence-corrected chi connectivity index (χ0v) is 9.28. The molecule has 0 amide bonds. The predicted molar refractivity (Wildman–Crippen MR) is 64.4 cm³/mol. The summed E-state index contributed by atoms with van der Waals surface area (Å²) in [4.78, 5) is 3.30. The summed E-state index contributed by atoms with van der Waals surface area (Å²) in [5.41, 5.74) is 1.01. The van der Waals surface area contributed by atoms with Crippen LogP contribution >= 0.6 is 24.4 Å². The third-order valence-corrected chi connectivity index (χ3v) is 2.76. The fourth-order valence-electron chi connectivity index (χ4n) is 0.916. The summed E-state index contributed by atoms with van der Waals surface area (Å²) in [5.74, 6) is 0. The number of likely N-dealkylation sites (N-methyl/N-ethyl adjacent to an activating group) is 1. The molecule has 3 heteroatoms. The fraction of sp³-hybridized carbons (Fsp3) is 0.200. The molecule has 1 aromatic rings. The molecule has 1 aromatic carbocycles. The predicted octanol–water partition coefficient (Wildman–Crippen LogP) is 2.29. The average molecular weight is 209 g/mol. The van der Waals surface area contributed by atoms with E-state index in [9.17, 15) is 0 Å². The summed E-state index contributed by atoms with van der Waals surface area (Å²) in [7, 11) is 3.80. The van der Waals surface area contributed by atoms with Crippen LogP contribution in [0.15, 0.2) is 30.3 Å². The Morgan fingerprint density at radius 1 is 1.08 bits per heavy atom. The standard InChI is InChI=1S/C10H11NS2/c1-11(2)10(13)9(12)8-6-4-3-5-7-8/h3-7H,1-2H3. The van der Waals surface area contributed by atoms with E-state index in [-0.39, 0.29) is 0 Å². The van der Waals surface area contributed by atoms with Gasteiger partial charge in [0.15, 0.2) is 0 Å². The van der Waals surface area contributed by atoms with Gasteiger partial charge in [-0.3, -0.25) is 0 Å². The van der Waals surface area contributed by atoms with Crippen molar-refractivity contribution in [3.05, 3.63) is 35.9 Å². The van der Waals surface area contributed by atoms with Crippen molar-refractivity contribution in [1.82, 2.24) is 4.90 Å². The van der Waals surface area contributed by atoms with Crippen LogP contribution in [0.1, 0.15) is 5.56 Å². The van der Waals surface area contributed by atoms with Crippen molar-refractivity contribution in [1.29, 1.82) is 0 Å². The van der Waals surface area contributed by atoms with Crippen LogP contribution in [-0.2, 0) is 0 Å². The van der Waals surface area contributed by atoms with E-state index in [1.165, 1.54) is 0 Å². The molecular weight excluding hydrogens is 198 g/mol. The largest absolute Gasteiger partial charge is 0.368 e. The summed E-state index contributed by atoms with van der Waals surface area (Å²) < 4.78 is 0. The lowest BCUT2D eigenvalue weighted by atomic mass is 10.1. The van der Waals surface area contributed by atoms with Gasteiger partial charge < -0.3 is 4.90 Å². The summed E-state index contributed by atoms with van der Waals surface area (Å²) in [6, 6.07) is 9.82. The Hall–Kier alpha value is -0.800. The highest BCUT2D eigenvalue weighted by atomic mass is 32.1. The van der Waals surface area contributed by atoms with E-state index in [2.05, 4.69) is 0 Å². The first-order valence-electron chi connectivity index (χ1n) is 3.94. The van der Waals surface area contributed by atoms with Gasteiger partial charge in [0.2, 0.25) is 0 Å². The van der Waals surface area contributed by atoms with Crippen molar-refractivity contribution >= 4 is 34.3 Å². The molecule has 0 saturated carbocycles. The second-order valence-corrected chi connectivity index (χ2v) is 3.69. The molecule has 0 N–H and O–H groups in total. The average Bonchev–Trinajstić information content (AvgIpc) is 2.17. The molecule has 0 aromatic heterocycles. The van der Waals surface area contributed by atoms with Gasteiger partial charge in [0.05, 0.1) is 4.86 Å². The molecule has 0 spiro atoms. The topological polar surface area (TPSA) is 3.24 Å². The molecule has 1 rings (SSSR count). The smallest absolute Gasteiger partial charge is 0.120 e. The van der Waals surface area contributed by atoms with Gasteiger partial charge >= 0.3 is 0 Å². The first kappa shape index (κ1) is 10.3. The summed E-state index contributed by atoms with van der Waals surface area (Å²) in [6.45, 7) is 0. The molecule has 0 atom stereocenters. The second-order valence-electron chi connectivity index (χ2n) is 2.89. The molecule has 0 aliphatic rings. The van der Waals surface area contributed by atoms with Gasteiger partial charge in [0.25, 0.3) is 0 Å². The number of rotatable bonds is 2. The van der Waals surface area contributed by atoms with Crippen LogP contribution in [0.4, 0.5) is 0 Å². The molecule has 68 valence electrons. The number of hydrogen-bond donors (Lipinski definition) is 0. The lowest BCUT2D eigenvalue weighted by Gasteiger charge is -2.14. The van der Waals surface area contributed by atoms with Gasteiger partial charge in [-0.05, 0) is 5.56 Å². The maximum Gasteiger partial charge on any atom is 0.120 e.